The number of hydrogen-bond acceptors (Lipinski definition) is 6. The molecule has 0 fully saturated rings. The maximum Gasteiger partial charge on any atom is 0.338 e. The van der Waals surface area contributed by atoms with Gasteiger partial charge in [-0.3, -0.25) is 9.59 Å². The molecule has 3 rings (SSSR count). The fourth-order valence-electron chi connectivity index (χ4n) is 2.55. The summed E-state index contributed by atoms with van der Waals surface area (Å²) in [6.45, 7) is -0.322. The van der Waals surface area contributed by atoms with E-state index in [1.807, 2.05) is 6.07 Å². The van der Waals surface area contributed by atoms with Crippen LogP contribution in [0.15, 0.2) is 71.3 Å². The number of nitrogens with zero attached hydrogens (tertiary/aromatic N) is 1. The summed E-state index contributed by atoms with van der Waals surface area (Å²) in [4.78, 5) is 36.6. The van der Waals surface area contributed by atoms with Gasteiger partial charge >= 0.3 is 5.97 Å². The van der Waals surface area contributed by atoms with Gasteiger partial charge in [0.05, 0.1) is 41.3 Å². The first-order chi connectivity index (χ1) is 14.6. The molecule has 2 N–H and O–H groups in total. The van der Waals surface area contributed by atoms with Gasteiger partial charge in [-0.05, 0) is 48.5 Å². The Morgan fingerprint density at radius 3 is 2.47 bits per heavy atom. The quantitative estimate of drug-likeness (QED) is 0.585. The van der Waals surface area contributed by atoms with E-state index in [4.69, 9.17) is 14.4 Å². The minimum absolute atomic E-state index is 0.205. The van der Waals surface area contributed by atoms with E-state index in [1.165, 1.54) is 30.5 Å². The number of nitriles is 1. The number of para-hydroxylation sites is 1. The fraction of sp³-hybridized carbons (Fsp3) is 0.0909. The Labute approximate surface area is 172 Å². The minimum Gasteiger partial charge on any atom is -0.467 e. The van der Waals surface area contributed by atoms with Gasteiger partial charge in [-0.2, -0.15) is 5.26 Å². The molecule has 0 atom stereocenters. The number of rotatable bonds is 7. The third-order valence-electron chi connectivity index (χ3n) is 4.03. The summed E-state index contributed by atoms with van der Waals surface area (Å²) in [7, 11) is 0. The number of anilines is 1. The zero-order valence-corrected chi connectivity index (χ0v) is 15.8. The lowest BCUT2D eigenvalue weighted by Crippen LogP contribution is -2.26. The van der Waals surface area contributed by atoms with Crippen molar-refractivity contribution in [3.05, 3.63) is 89.4 Å². The van der Waals surface area contributed by atoms with E-state index in [2.05, 4.69) is 10.6 Å². The minimum atomic E-state index is -0.695. The van der Waals surface area contributed by atoms with E-state index in [9.17, 15) is 14.4 Å². The van der Waals surface area contributed by atoms with Gasteiger partial charge in [0.2, 0.25) is 0 Å². The molecule has 0 aliphatic carbocycles. The van der Waals surface area contributed by atoms with E-state index in [0.29, 0.717) is 11.3 Å². The van der Waals surface area contributed by atoms with Gasteiger partial charge in [0, 0.05) is 0 Å². The normalized spacial score (nSPS) is 9.97. The third-order valence-corrected chi connectivity index (χ3v) is 4.03. The number of benzene rings is 2. The molecule has 0 radical (unpaired) electrons. The first-order valence-corrected chi connectivity index (χ1v) is 8.93. The molecule has 0 saturated carbocycles. The zero-order valence-electron chi connectivity index (χ0n) is 15.8. The Kier molecular flexibility index (Phi) is 6.59. The molecule has 0 unspecified atom stereocenters. The number of carbonyl (C=O) groups excluding carboxylic acids is 3. The van der Waals surface area contributed by atoms with Crippen LogP contribution in [0.5, 0.6) is 0 Å². The van der Waals surface area contributed by atoms with Crippen molar-refractivity contribution in [1.29, 1.82) is 5.26 Å². The molecule has 0 aliphatic heterocycles. The lowest BCUT2D eigenvalue weighted by atomic mass is 10.1. The number of nitrogens with one attached hydrogen (secondary N) is 2. The van der Waals surface area contributed by atoms with Crippen molar-refractivity contribution in [2.75, 3.05) is 11.9 Å². The van der Waals surface area contributed by atoms with Crippen LogP contribution in [0.2, 0.25) is 0 Å². The van der Waals surface area contributed by atoms with Gasteiger partial charge < -0.3 is 19.8 Å². The Hall–Kier alpha value is -4.38. The van der Waals surface area contributed by atoms with Crippen LogP contribution in [-0.4, -0.2) is 24.4 Å². The third kappa shape index (κ3) is 5.33. The summed E-state index contributed by atoms with van der Waals surface area (Å²) in [5, 5.41) is 14.0. The number of hydrogen-bond donors (Lipinski definition) is 2. The highest BCUT2D eigenvalue weighted by atomic mass is 16.5. The summed E-state index contributed by atoms with van der Waals surface area (Å²) in [6, 6.07) is 17.7. The van der Waals surface area contributed by atoms with Gasteiger partial charge in [0.1, 0.15) is 5.76 Å². The maximum absolute atomic E-state index is 12.4. The molecule has 3 aromatic rings. The van der Waals surface area contributed by atoms with Crippen LogP contribution in [0.4, 0.5) is 5.69 Å². The van der Waals surface area contributed by atoms with Crippen molar-refractivity contribution in [3.63, 3.8) is 0 Å². The van der Waals surface area contributed by atoms with Crippen LogP contribution in [0, 0.1) is 11.3 Å². The van der Waals surface area contributed by atoms with E-state index in [0.717, 1.165) is 0 Å². The molecule has 0 bridgehead atoms. The largest absolute Gasteiger partial charge is 0.467 e. The van der Waals surface area contributed by atoms with Crippen molar-refractivity contribution < 1.29 is 23.5 Å². The molecule has 8 heteroatoms. The Morgan fingerprint density at radius 1 is 1.00 bits per heavy atom. The van der Waals surface area contributed by atoms with Crippen molar-refractivity contribution in [3.8, 4) is 6.07 Å². The van der Waals surface area contributed by atoms with Crippen molar-refractivity contribution in [2.45, 2.75) is 6.54 Å². The highest BCUT2D eigenvalue weighted by Gasteiger charge is 2.15. The highest BCUT2D eigenvalue weighted by Crippen LogP contribution is 2.15. The molecule has 0 aliphatic rings. The van der Waals surface area contributed by atoms with Gasteiger partial charge in [0.15, 0.2) is 6.61 Å². The predicted molar refractivity (Wildman–Crippen MR) is 106 cm³/mol. The fourth-order valence-corrected chi connectivity index (χ4v) is 2.55. The highest BCUT2D eigenvalue weighted by molar-refractivity contribution is 6.04. The smallest absolute Gasteiger partial charge is 0.338 e. The molecule has 8 nitrogen and oxygen atoms in total. The Balaban J connectivity index is 1.56. The van der Waals surface area contributed by atoms with Gasteiger partial charge in [0.25, 0.3) is 11.8 Å². The average Bonchev–Trinajstić information content (AvgIpc) is 3.30. The predicted octanol–water partition coefficient (Wildman–Crippen LogP) is 2.88. The van der Waals surface area contributed by atoms with E-state index in [-0.39, 0.29) is 23.4 Å². The van der Waals surface area contributed by atoms with Crippen LogP contribution in [0.25, 0.3) is 0 Å². The van der Waals surface area contributed by atoms with Gasteiger partial charge in [-0.1, -0.05) is 12.1 Å². The zero-order chi connectivity index (χ0) is 21.3. The molecule has 150 valence electrons. The van der Waals surface area contributed by atoms with Crippen LogP contribution < -0.4 is 10.6 Å². The summed E-state index contributed by atoms with van der Waals surface area (Å²) in [5.74, 6) is -1.08. The first kappa shape index (κ1) is 20.4. The number of furan rings is 1. The second-order valence-corrected chi connectivity index (χ2v) is 6.12. The average molecular weight is 403 g/mol. The molecule has 0 saturated heterocycles. The topological polar surface area (TPSA) is 121 Å². The molecule has 2 aromatic carbocycles. The molecule has 30 heavy (non-hydrogen) atoms. The van der Waals surface area contributed by atoms with Crippen LogP contribution in [-0.2, 0) is 16.1 Å². The second kappa shape index (κ2) is 9.71. The molecule has 2 amide bonds. The van der Waals surface area contributed by atoms with Crippen molar-refractivity contribution in [2.24, 2.45) is 0 Å². The van der Waals surface area contributed by atoms with Gasteiger partial charge in [-0.25, -0.2) is 4.79 Å². The number of ether oxygens (including phenoxy) is 1. The lowest BCUT2D eigenvalue weighted by molar-refractivity contribution is -0.119. The summed E-state index contributed by atoms with van der Waals surface area (Å²) >= 11 is 0. The van der Waals surface area contributed by atoms with Crippen molar-refractivity contribution >= 4 is 23.5 Å². The monoisotopic (exact) mass is 403 g/mol. The molecule has 1 heterocycles. The Bertz CT molecular complexity index is 1080. The SMILES string of the molecule is N#Cc1ccc(C(=O)OCC(=O)Nc2ccccc2C(=O)NCc2ccco2)cc1. The molecule has 0 spiro atoms. The van der Waals surface area contributed by atoms with Crippen LogP contribution >= 0.6 is 0 Å². The van der Waals surface area contributed by atoms with Gasteiger partial charge in [-0.15, -0.1) is 0 Å². The number of esters is 1. The molecule has 1 aromatic heterocycles. The standard InChI is InChI=1S/C22H17N3O5/c23-12-15-7-9-16(10-8-15)22(28)30-14-20(26)25-19-6-2-1-5-18(19)21(27)24-13-17-4-3-11-29-17/h1-11H,13-14H2,(H,24,27)(H,25,26). The molecular formula is C22H17N3O5. The number of carbonyl (C=O) groups is 3. The Morgan fingerprint density at radius 2 is 1.77 bits per heavy atom. The van der Waals surface area contributed by atoms with Crippen LogP contribution in [0.1, 0.15) is 32.0 Å². The van der Waals surface area contributed by atoms with Crippen LogP contribution in [0.3, 0.4) is 0 Å². The summed E-state index contributed by atoms with van der Waals surface area (Å²) < 4.78 is 10.2. The van der Waals surface area contributed by atoms with E-state index < -0.39 is 24.4 Å². The maximum atomic E-state index is 12.4. The van der Waals surface area contributed by atoms with E-state index >= 15 is 0 Å². The second-order valence-electron chi connectivity index (χ2n) is 6.12. The first-order valence-electron chi connectivity index (χ1n) is 8.93. The molecular weight excluding hydrogens is 386 g/mol. The number of amides is 2. The van der Waals surface area contributed by atoms with E-state index in [1.54, 1.807) is 36.4 Å². The summed E-state index contributed by atoms with van der Waals surface area (Å²) in [6.07, 6.45) is 1.51. The lowest BCUT2D eigenvalue weighted by Gasteiger charge is -2.11. The van der Waals surface area contributed by atoms with Crippen molar-refractivity contribution in [1.82, 2.24) is 5.32 Å². The summed E-state index contributed by atoms with van der Waals surface area (Å²) in [5.41, 5.74) is 1.18.